The first-order valence-corrected chi connectivity index (χ1v) is 10.9. The van der Waals surface area contributed by atoms with Crippen molar-refractivity contribution in [2.24, 2.45) is 5.10 Å². The predicted molar refractivity (Wildman–Crippen MR) is 131 cm³/mol. The third-order valence-electron chi connectivity index (χ3n) is 4.54. The molecule has 0 heterocycles. The van der Waals surface area contributed by atoms with E-state index in [2.05, 4.69) is 31.8 Å². The van der Waals surface area contributed by atoms with E-state index in [1.807, 2.05) is 6.07 Å². The minimum Gasteiger partial charge on any atom is -0.422 e. The molecule has 0 atom stereocenters. The summed E-state index contributed by atoms with van der Waals surface area (Å²) in [6.07, 6.45) is 0. The highest BCUT2D eigenvalue weighted by molar-refractivity contribution is 9.10. The molecular formula is C24H19BrClN3O4. The SMILES string of the molecule is CC(=NNC(=O)C(=O)Nc1ccc(Br)cc1C)c1ccccc1OC(=O)c1ccccc1Cl. The van der Waals surface area contributed by atoms with Crippen LogP contribution in [-0.2, 0) is 9.59 Å². The van der Waals surface area contributed by atoms with Crippen LogP contribution in [0.3, 0.4) is 0 Å². The molecule has 0 saturated carbocycles. The van der Waals surface area contributed by atoms with Gasteiger partial charge in [0.05, 0.1) is 16.3 Å². The fourth-order valence-corrected chi connectivity index (χ4v) is 3.52. The third kappa shape index (κ3) is 6.27. The van der Waals surface area contributed by atoms with E-state index in [-0.39, 0.29) is 16.3 Å². The standard InChI is InChI=1S/C24H19BrClN3O4/c1-14-13-16(25)11-12-20(14)27-22(30)23(31)29-28-15(2)17-7-4-6-10-21(17)33-24(32)18-8-3-5-9-19(18)26/h3-13H,1-2H3,(H,27,30)(H,29,31). The van der Waals surface area contributed by atoms with Crippen molar-refractivity contribution in [2.45, 2.75) is 13.8 Å². The Bertz CT molecular complexity index is 1260. The number of nitrogens with one attached hydrogen (secondary N) is 2. The molecule has 33 heavy (non-hydrogen) atoms. The highest BCUT2D eigenvalue weighted by atomic mass is 79.9. The lowest BCUT2D eigenvalue weighted by Gasteiger charge is -2.11. The van der Waals surface area contributed by atoms with Crippen LogP contribution < -0.4 is 15.5 Å². The molecule has 0 unspecified atom stereocenters. The Morgan fingerprint density at radius 1 is 0.939 bits per heavy atom. The lowest BCUT2D eigenvalue weighted by Crippen LogP contribution is -2.33. The molecule has 0 fully saturated rings. The Kier molecular flexibility index (Phi) is 7.97. The van der Waals surface area contributed by atoms with Crippen molar-refractivity contribution in [1.82, 2.24) is 5.43 Å². The number of carbonyl (C=O) groups is 3. The van der Waals surface area contributed by atoms with Gasteiger partial charge in [-0.2, -0.15) is 5.10 Å². The van der Waals surface area contributed by atoms with Gasteiger partial charge in [-0.25, -0.2) is 10.2 Å². The van der Waals surface area contributed by atoms with Crippen LogP contribution in [0.1, 0.15) is 28.4 Å². The van der Waals surface area contributed by atoms with Gasteiger partial charge in [0.15, 0.2) is 0 Å². The lowest BCUT2D eigenvalue weighted by atomic mass is 10.1. The Balaban J connectivity index is 1.70. The van der Waals surface area contributed by atoms with E-state index >= 15 is 0 Å². The van der Waals surface area contributed by atoms with Crippen LogP contribution in [0.25, 0.3) is 0 Å². The van der Waals surface area contributed by atoms with Gasteiger partial charge >= 0.3 is 17.8 Å². The summed E-state index contributed by atoms with van der Waals surface area (Å²) < 4.78 is 6.35. The number of hydrogen-bond donors (Lipinski definition) is 2. The number of para-hydroxylation sites is 1. The number of benzene rings is 3. The molecule has 0 bridgehead atoms. The normalized spacial score (nSPS) is 11.0. The first-order chi connectivity index (χ1) is 15.8. The zero-order valence-corrected chi connectivity index (χ0v) is 20.0. The van der Waals surface area contributed by atoms with Crippen LogP contribution in [0.5, 0.6) is 5.75 Å². The third-order valence-corrected chi connectivity index (χ3v) is 5.36. The second-order valence-electron chi connectivity index (χ2n) is 6.92. The van der Waals surface area contributed by atoms with Crippen LogP contribution in [0, 0.1) is 6.92 Å². The van der Waals surface area contributed by atoms with Gasteiger partial charge in [-0.3, -0.25) is 9.59 Å². The maximum Gasteiger partial charge on any atom is 0.345 e. The van der Waals surface area contributed by atoms with Gasteiger partial charge in [-0.15, -0.1) is 0 Å². The predicted octanol–water partition coefficient (Wildman–Crippen LogP) is 5.11. The minimum absolute atomic E-state index is 0.219. The van der Waals surface area contributed by atoms with Crippen molar-refractivity contribution >= 4 is 56.7 Å². The second-order valence-corrected chi connectivity index (χ2v) is 8.24. The Morgan fingerprint density at radius 3 is 2.30 bits per heavy atom. The van der Waals surface area contributed by atoms with Crippen molar-refractivity contribution in [2.75, 3.05) is 5.32 Å². The maximum atomic E-state index is 12.5. The van der Waals surface area contributed by atoms with Crippen molar-refractivity contribution in [1.29, 1.82) is 0 Å². The molecule has 2 N–H and O–H groups in total. The molecule has 168 valence electrons. The van der Waals surface area contributed by atoms with Gasteiger partial charge in [0.2, 0.25) is 0 Å². The molecule has 0 aromatic heterocycles. The number of halogens is 2. The minimum atomic E-state index is -0.942. The zero-order chi connectivity index (χ0) is 24.0. The molecular weight excluding hydrogens is 510 g/mol. The van der Waals surface area contributed by atoms with Gasteiger partial charge < -0.3 is 10.1 Å². The fourth-order valence-electron chi connectivity index (χ4n) is 2.83. The number of aryl methyl sites for hydroxylation is 1. The zero-order valence-electron chi connectivity index (χ0n) is 17.7. The van der Waals surface area contributed by atoms with Gasteiger partial charge in [0.1, 0.15) is 5.75 Å². The highest BCUT2D eigenvalue weighted by Gasteiger charge is 2.17. The first kappa shape index (κ1) is 24.2. The smallest absolute Gasteiger partial charge is 0.345 e. The first-order valence-electron chi connectivity index (χ1n) is 9.74. The summed E-state index contributed by atoms with van der Waals surface area (Å²) in [4.78, 5) is 36.9. The fraction of sp³-hybridized carbons (Fsp3) is 0.0833. The van der Waals surface area contributed by atoms with Crippen molar-refractivity contribution in [3.63, 3.8) is 0 Å². The molecule has 0 spiro atoms. The van der Waals surface area contributed by atoms with Crippen molar-refractivity contribution in [3.05, 3.63) is 92.9 Å². The number of anilines is 1. The molecule has 0 aliphatic rings. The summed E-state index contributed by atoms with van der Waals surface area (Å²) in [6.45, 7) is 3.42. The number of rotatable bonds is 5. The summed E-state index contributed by atoms with van der Waals surface area (Å²) >= 11 is 9.41. The van der Waals surface area contributed by atoms with Crippen molar-refractivity contribution < 1.29 is 19.1 Å². The number of carbonyl (C=O) groups excluding carboxylic acids is 3. The molecule has 0 radical (unpaired) electrons. The van der Waals surface area contributed by atoms with Gasteiger partial charge in [-0.05, 0) is 61.9 Å². The Morgan fingerprint density at radius 2 is 1.61 bits per heavy atom. The molecule has 0 saturated heterocycles. The summed E-state index contributed by atoms with van der Waals surface area (Å²) in [5.74, 6) is -2.21. The Labute approximate surface area is 203 Å². The second kappa shape index (κ2) is 10.9. The van der Waals surface area contributed by atoms with Crippen molar-refractivity contribution in [3.8, 4) is 5.75 Å². The highest BCUT2D eigenvalue weighted by Crippen LogP contribution is 2.23. The summed E-state index contributed by atoms with van der Waals surface area (Å²) in [5.41, 5.74) is 4.53. The lowest BCUT2D eigenvalue weighted by molar-refractivity contribution is -0.136. The van der Waals surface area contributed by atoms with Crippen LogP contribution in [-0.4, -0.2) is 23.5 Å². The van der Waals surface area contributed by atoms with Gasteiger partial charge in [0.25, 0.3) is 0 Å². The number of hydrazone groups is 1. The van der Waals surface area contributed by atoms with Crippen LogP contribution in [0.2, 0.25) is 5.02 Å². The van der Waals surface area contributed by atoms with E-state index in [9.17, 15) is 14.4 Å². The number of hydrogen-bond acceptors (Lipinski definition) is 5. The topological polar surface area (TPSA) is 96.9 Å². The summed E-state index contributed by atoms with van der Waals surface area (Å²) in [6, 6.07) is 18.5. The van der Waals surface area contributed by atoms with Crippen LogP contribution in [0.4, 0.5) is 5.69 Å². The maximum absolute atomic E-state index is 12.5. The van der Waals surface area contributed by atoms with E-state index < -0.39 is 17.8 Å². The molecule has 0 aliphatic carbocycles. The number of nitrogens with zero attached hydrogens (tertiary/aromatic N) is 1. The molecule has 0 aliphatic heterocycles. The van der Waals surface area contributed by atoms with Crippen LogP contribution >= 0.6 is 27.5 Å². The molecule has 3 aromatic rings. The average molecular weight is 529 g/mol. The molecule has 2 amide bonds. The van der Waals surface area contributed by atoms with E-state index in [1.165, 1.54) is 0 Å². The monoisotopic (exact) mass is 527 g/mol. The van der Waals surface area contributed by atoms with Gasteiger partial charge in [-0.1, -0.05) is 51.8 Å². The molecule has 3 aromatic carbocycles. The quantitative estimate of drug-likeness (QED) is 0.158. The number of amides is 2. The molecule has 3 rings (SSSR count). The Hall–Kier alpha value is -3.49. The summed E-state index contributed by atoms with van der Waals surface area (Å²) in [5, 5.41) is 6.79. The van der Waals surface area contributed by atoms with E-state index in [1.54, 1.807) is 74.5 Å². The summed E-state index contributed by atoms with van der Waals surface area (Å²) in [7, 11) is 0. The van der Waals surface area contributed by atoms with Crippen LogP contribution in [0.15, 0.2) is 76.3 Å². The van der Waals surface area contributed by atoms with E-state index in [4.69, 9.17) is 16.3 Å². The van der Waals surface area contributed by atoms with E-state index in [0.717, 1.165) is 10.0 Å². The number of esters is 1. The largest absolute Gasteiger partial charge is 0.422 e. The molecule has 9 heteroatoms. The van der Waals surface area contributed by atoms with E-state index in [0.29, 0.717) is 17.0 Å². The number of ether oxygens (including phenoxy) is 1. The molecule has 7 nitrogen and oxygen atoms in total. The van der Waals surface area contributed by atoms with Gasteiger partial charge in [0, 0.05) is 15.7 Å². The average Bonchev–Trinajstić information content (AvgIpc) is 2.79.